The summed E-state index contributed by atoms with van der Waals surface area (Å²) in [6, 6.07) is 5.64. The Morgan fingerprint density at radius 1 is 1.12 bits per heavy atom. The average Bonchev–Trinajstić information content (AvgIpc) is 2.95. The van der Waals surface area contributed by atoms with Crippen molar-refractivity contribution in [3.05, 3.63) is 46.1 Å². The second-order valence-electron chi connectivity index (χ2n) is 5.01. The topological polar surface area (TPSA) is 90.9 Å². The van der Waals surface area contributed by atoms with Gasteiger partial charge in [-0.05, 0) is 24.6 Å². The highest BCUT2D eigenvalue weighted by Gasteiger charge is 2.26. The number of thiophene rings is 1. The molecule has 0 aliphatic heterocycles. The third-order valence-electron chi connectivity index (χ3n) is 3.36. The van der Waals surface area contributed by atoms with Gasteiger partial charge < -0.3 is 19.5 Å². The lowest BCUT2D eigenvalue weighted by Crippen LogP contribution is -2.21. The van der Waals surface area contributed by atoms with Crippen LogP contribution in [0, 0.1) is 12.7 Å². The molecular weight excluding hydrogens is 365 g/mol. The molecule has 0 aliphatic rings. The molecule has 0 saturated carbocycles. The highest BCUT2D eigenvalue weighted by Crippen LogP contribution is 2.34. The van der Waals surface area contributed by atoms with Gasteiger partial charge in [0.25, 0.3) is 5.91 Å². The van der Waals surface area contributed by atoms with Crippen molar-refractivity contribution in [1.29, 1.82) is 0 Å². The Morgan fingerprint density at radius 2 is 1.77 bits per heavy atom. The Morgan fingerprint density at radius 3 is 2.38 bits per heavy atom. The van der Waals surface area contributed by atoms with Gasteiger partial charge in [0.2, 0.25) is 0 Å². The van der Waals surface area contributed by atoms with E-state index in [0.717, 1.165) is 11.3 Å². The van der Waals surface area contributed by atoms with Crippen LogP contribution in [0.15, 0.2) is 24.3 Å². The number of nitrogens with one attached hydrogen (secondary N) is 1. The maximum Gasteiger partial charge on any atom is 0.348 e. The summed E-state index contributed by atoms with van der Waals surface area (Å²) < 4.78 is 28.0. The first kappa shape index (κ1) is 19.4. The number of carbonyl (C=O) groups excluding carboxylic acids is 3. The van der Waals surface area contributed by atoms with E-state index in [2.05, 4.69) is 10.1 Å². The number of hydrogen-bond acceptors (Lipinski definition) is 7. The minimum atomic E-state index is -0.709. The molecule has 0 radical (unpaired) electrons. The Kier molecular flexibility index (Phi) is 6.29. The lowest BCUT2D eigenvalue weighted by Gasteiger charge is -2.08. The van der Waals surface area contributed by atoms with E-state index in [-0.39, 0.29) is 21.2 Å². The molecule has 0 fully saturated rings. The molecule has 1 amide bonds. The standard InChI is InChI=1S/C17H16FNO6S/c1-9-13(16(21)23-2)15(26-14(9)17(22)24-3)19-12(20)8-25-11-7-5-4-6-10(11)18/h4-7H,8H2,1-3H3,(H,19,20). The number of esters is 2. The lowest BCUT2D eigenvalue weighted by atomic mass is 10.1. The van der Waals surface area contributed by atoms with Crippen molar-refractivity contribution in [2.24, 2.45) is 0 Å². The summed E-state index contributed by atoms with van der Waals surface area (Å²) in [7, 11) is 2.39. The van der Waals surface area contributed by atoms with Crippen LogP contribution in [0.3, 0.4) is 0 Å². The van der Waals surface area contributed by atoms with Crippen LogP contribution in [0.1, 0.15) is 25.6 Å². The van der Waals surface area contributed by atoms with Gasteiger partial charge in [-0.2, -0.15) is 0 Å². The van der Waals surface area contributed by atoms with Gasteiger partial charge in [-0.15, -0.1) is 11.3 Å². The number of benzene rings is 1. The van der Waals surface area contributed by atoms with E-state index >= 15 is 0 Å². The molecule has 26 heavy (non-hydrogen) atoms. The highest BCUT2D eigenvalue weighted by atomic mass is 32.1. The number of para-hydroxylation sites is 1. The summed E-state index contributed by atoms with van der Waals surface area (Å²) in [5.41, 5.74) is 0.385. The summed E-state index contributed by atoms with van der Waals surface area (Å²) in [4.78, 5) is 36.1. The number of halogens is 1. The Labute approximate surface area is 152 Å². The maximum absolute atomic E-state index is 13.5. The number of rotatable bonds is 6. The quantitative estimate of drug-likeness (QED) is 0.774. The summed E-state index contributed by atoms with van der Waals surface area (Å²) >= 11 is 0.879. The molecule has 0 bridgehead atoms. The van der Waals surface area contributed by atoms with Crippen LogP contribution in [0.4, 0.5) is 9.39 Å². The molecule has 0 spiro atoms. The molecule has 1 aromatic heterocycles. The Hall–Kier alpha value is -2.94. The van der Waals surface area contributed by atoms with Gasteiger partial charge in [0, 0.05) is 0 Å². The van der Waals surface area contributed by atoms with Gasteiger partial charge in [-0.25, -0.2) is 14.0 Å². The number of ether oxygens (including phenoxy) is 3. The minimum Gasteiger partial charge on any atom is -0.481 e. The molecule has 1 heterocycles. The molecule has 2 aromatic rings. The van der Waals surface area contributed by atoms with E-state index in [1.54, 1.807) is 13.0 Å². The fourth-order valence-electron chi connectivity index (χ4n) is 2.10. The van der Waals surface area contributed by atoms with Crippen molar-refractivity contribution in [3.8, 4) is 5.75 Å². The number of anilines is 1. The number of carbonyl (C=O) groups is 3. The molecule has 138 valence electrons. The molecule has 0 saturated heterocycles. The molecule has 0 aliphatic carbocycles. The van der Waals surface area contributed by atoms with Crippen LogP contribution in [0.25, 0.3) is 0 Å². The second-order valence-corrected chi connectivity index (χ2v) is 6.03. The monoisotopic (exact) mass is 381 g/mol. The van der Waals surface area contributed by atoms with Crippen molar-refractivity contribution >= 4 is 34.2 Å². The molecule has 2 rings (SSSR count). The zero-order valence-corrected chi connectivity index (χ0v) is 15.1. The fraction of sp³-hybridized carbons (Fsp3) is 0.235. The number of amides is 1. The zero-order chi connectivity index (χ0) is 19.3. The Balaban J connectivity index is 2.19. The van der Waals surface area contributed by atoms with Crippen molar-refractivity contribution in [2.75, 3.05) is 26.1 Å². The van der Waals surface area contributed by atoms with E-state index < -0.39 is 30.3 Å². The third kappa shape index (κ3) is 4.17. The number of hydrogen-bond donors (Lipinski definition) is 1. The van der Waals surface area contributed by atoms with Crippen LogP contribution in [0.5, 0.6) is 5.75 Å². The second kappa shape index (κ2) is 8.43. The molecule has 1 N–H and O–H groups in total. The first-order chi connectivity index (χ1) is 12.4. The predicted octanol–water partition coefficient (Wildman–Crippen LogP) is 2.79. The van der Waals surface area contributed by atoms with Crippen molar-refractivity contribution in [2.45, 2.75) is 6.92 Å². The first-order valence-electron chi connectivity index (χ1n) is 7.36. The summed E-state index contributed by atoms with van der Waals surface area (Å²) in [5.74, 6) is -2.65. The first-order valence-corrected chi connectivity index (χ1v) is 8.17. The SMILES string of the molecule is COC(=O)c1sc(NC(=O)COc2ccccc2F)c(C(=O)OC)c1C. The van der Waals surface area contributed by atoms with Gasteiger partial charge in [0.1, 0.15) is 9.88 Å². The molecule has 0 atom stereocenters. The predicted molar refractivity (Wildman–Crippen MR) is 92.3 cm³/mol. The van der Waals surface area contributed by atoms with Crippen LogP contribution in [-0.4, -0.2) is 38.7 Å². The van der Waals surface area contributed by atoms with Crippen LogP contribution >= 0.6 is 11.3 Å². The smallest absolute Gasteiger partial charge is 0.348 e. The van der Waals surface area contributed by atoms with Crippen LogP contribution in [-0.2, 0) is 14.3 Å². The third-order valence-corrected chi connectivity index (χ3v) is 4.54. The summed E-state index contributed by atoms with van der Waals surface area (Å²) in [6.07, 6.45) is 0. The van der Waals surface area contributed by atoms with E-state index in [1.807, 2.05) is 0 Å². The summed E-state index contributed by atoms with van der Waals surface area (Å²) in [5, 5.41) is 2.60. The van der Waals surface area contributed by atoms with Gasteiger partial charge in [-0.1, -0.05) is 12.1 Å². The van der Waals surface area contributed by atoms with Gasteiger partial charge >= 0.3 is 11.9 Å². The lowest BCUT2D eigenvalue weighted by molar-refractivity contribution is -0.118. The van der Waals surface area contributed by atoms with E-state index in [0.29, 0.717) is 5.56 Å². The van der Waals surface area contributed by atoms with Gasteiger partial charge in [-0.3, -0.25) is 4.79 Å². The van der Waals surface area contributed by atoms with Crippen molar-refractivity contribution in [1.82, 2.24) is 0 Å². The number of methoxy groups -OCH3 is 2. The maximum atomic E-state index is 13.5. The molecular formula is C17H16FNO6S. The van der Waals surface area contributed by atoms with E-state index in [9.17, 15) is 18.8 Å². The van der Waals surface area contributed by atoms with E-state index in [4.69, 9.17) is 9.47 Å². The largest absolute Gasteiger partial charge is 0.481 e. The average molecular weight is 381 g/mol. The van der Waals surface area contributed by atoms with Crippen molar-refractivity contribution < 1.29 is 33.0 Å². The molecule has 1 aromatic carbocycles. The normalized spacial score (nSPS) is 10.2. The van der Waals surface area contributed by atoms with Crippen LogP contribution in [0.2, 0.25) is 0 Å². The van der Waals surface area contributed by atoms with Crippen LogP contribution < -0.4 is 10.1 Å². The molecule has 0 unspecified atom stereocenters. The van der Waals surface area contributed by atoms with Crippen molar-refractivity contribution in [3.63, 3.8) is 0 Å². The minimum absolute atomic E-state index is 0.0529. The molecule has 7 nitrogen and oxygen atoms in total. The Bertz CT molecular complexity index is 848. The van der Waals surface area contributed by atoms with E-state index in [1.165, 1.54) is 32.4 Å². The van der Waals surface area contributed by atoms with Gasteiger partial charge in [0.15, 0.2) is 18.2 Å². The fourth-order valence-corrected chi connectivity index (χ4v) is 3.23. The van der Waals surface area contributed by atoms with Gasteiger partial charge in [0.05, 0.1) is 19.8 Å². The highest BCUT2D eigenvalue weighted by molar-refractivity contribution is 7.18. The molecule has 9 heteroatoms. The summed E-state index contributed by atoms with van der Waals surface area (Å²) in [6.45, 7) is 1.06. The zero-order valence-electron chi connectivity index (χ0n) is 14.3.